The molecule has 8 heteroatoms. The molecule has 1 fully saturated rings. The highest BCUT2D eigenvalue weighted by atomic mass is 35.5. The molecule has 1 aliphatic rings. The number of carboxylic acid groups (broad SMARTS) is 1. The number of hydrogen-bond donors (Lipinski definition) is 3. The van der Waals surface area contributed by atoms with Gasteiger partial charge in [-0.2, -0.15) is 5.10 Å². The van der Waals surface area contributed by atoms with E-state index < -0.39 is 5.97 Å². The summed E-state index contributed by atoms with van der Waals surface area (Å²) in [6.07, 6.45) is 4.87. The summed E-state index contributed by atoms with van der Waals surface area (Å²) in [4.78, 5) is 23.4. The number of aromatic nitrogens is 2. The monoisotopic (exact) mass is 390 g/mol. The van der Waals surface area contributed by atoms with Crippen molar-refractivity contribution in [1.29, 1.82) is 0 Å². The molecule has 3 N–H and O–H groups in total. The van der Waals surface area contributed by atoms with Crippen molar-refractivity contribution in [3.8, 4) is 5.69 Å². The van der Waals surface area contributed by atoms with Gasteiger partial charge in [0, 0.05) is 11.1 Å². The number of carbonyl (C=O) groups is 2. The van der Waals surface area contributed by atoms with Crippen molar-refractivity contribution in [2.45, 2.75) is 45.1 Å². The lowest BCUT2D eigenvalue weighted by molar-refractivity contribution is -0.142. The topological polar surface area (TPSA) is 96.2 Å². The Kier molecular flexibility index (Phi) is 6.01. The van der Waals surface area contributed by atoms with Crippen LogP contribution in [0.5, 0.6) is 0 Å². The van der Waals surface area contributed by atoms with E-state index in [0.29, 0.717) is 42.8 Å². The maximum Gasteiger partial charge on any atom is 0.319 e. The van der Waals surface area contributed by atoms with E-state index in [2.05, 4.69) is 15.7 Å². The first-order valence-electron chi connectivity index (χ1n) is 9.11. The fourth-order valence-corrected chi connectivity index (χ4v) is 3.58. The molecule has 0 saturated heterocycles. The average molecular weight is 391 g/mol. The van der Waals surface area contributed by atoms with E-state index in [4.69, 9.17) is 16.7 Å². The van der Waals surface area contributed by atoms with Gasteiger partial charge in [-0.3, -0.25) is 4.79 Å². The molecule has 0 atom stereocenters. The highest BCUT2D eigenvalue weighted by molar-refractivity contribution is 6.30. The Bertz CT molecular complexity index is 811. The quantitative estimate of drug-likeness (QED) is 0.722. The average Bonchev–Trinajstić information content (AvgIpc) is 3.05. The molecule has 2 amide bonds. The molecule has 144 valence electrons. The molecule has 7 nitrogen and oxygen atoms in total. The van der Waals surface area contributed by atoms with E-state index in [1.807, 2.05) is 19.1 Å². The van der Waals surface area contributed by atoms with E-state index in [1.165, 1.54) is 0 Å². The van der Waals surface area contributed by atoms with Crippen LogP contribution in [0.25, 0.3) is 5.69 Å². The van der Waals surface area contributed by atoms with Gasteiger partial charge in [0.25, 0.3) is 0 Å². The SMILES string of the molecule is CCc1c(NC(=O)NC2CCC(C(=O)O)CC2)cnn1-c1ccc(Cl)cc1. The molecule has 0 aliphatic heterocycles. The van der Waals surface area contributed by atoms with Crippen LogP contribution in [0.15, 0.2) is 30.5 Å². The third-order valence-electron chi connectivity index (χ3n) is 4.93. The van der Waals surface area contributed by atoms with Crippen LogP contribution in [-0.2, 0) is 11.2 Å². The summed E-state index contributed by atoms with van der Waals surface area (Å²) in [6, 6.07) is 7.05. The Morgan fingerprint density at radius 2 is 1.89 bits per heavy atom. The Labute approximate surface area is 162 Å². The smallest absolute Gasteiger partial charge is 0.319 e. The third kappa shape index (κ3) is 4.60. The minimum atomic E-state index is -0.750. The second-order valence-electron chi connectivity index (χ2n) is 6.73. The lowest BCUT2D eigenvalue weighted by atomic mass is 9.86. The summed E-state index contributed by atoms with van der Waals surface area (Å²) in [5.74, 6) is -1.05. The summed E-state index contributed by atoms with van der Waals surface area (Å²) >= 11 is 5.94. The van der Waals surface area contributed by atoms with Crippen LogP contribution in [0.2, 0.25) is 5.02 Å². The molecule has 1 saturated carbocycles. The van der Waals surface area contributed by atoms with Crippen molar-refractivity contribution in [2.24, 2.45) is 5.92 Å². The number of amides is 2. The number of urea groups is 1. The maximum absolute atomic E-state index is 12.4. The fraction of sp³-hybridized carbons (Fsp3) is 0.421. The van der Waals surface area contributed by atoms with Crippen molar-refractivity contribution in [3.63, 3.8) is 0 Å². The lowest BCUT2D eigenvalue weighted by Crippen LogP contribution is -2.41. The Balaban J connectivity index is 1.63. The lowest BCUT2D eigenvalue weighted by Gasteiger charge is -2.26. The summed E-state index contributed by atoms with van der Waals surface area (Å²) < 4.78 is 1.78. The second-order valence-corrected chi connectivity index (χ2v) is 7.17. The molecule has 0 radical (unpaired) electrons. The van der Waals surface area contributed by atoms with Crippen LogP contribution in [-0.4, -0.2) is 32.9 Å². The number of rotatable bonds is 5. The number of carboxylic acids is 1. The third-order valence-corrected chi connectivity index (χ3v) is 5.19. The van der Waals surface area contributed by atoms with Crippen molar-refractivity contribution < 1.29 is 14.7 Å². The zero-order valence-electron chi connectivity index (χ0n) is 15.1. The maximum atomic E-state index is 12.4. The molecule has 0 unspecified atom stereocenters. The molecular weight excluding hydrogens is 368 g/mol. The van der Waals surface area contributed by atoms with Gasteiger partial charge in [-0.1, -0.05) is 18.5 Å². The fourth-order valence-electron chi connectivity index (χ4n) is 3.45. The van der Waals surface area contributed by atoms with Gasteiger partial charge in [-0.15, -0.1) is 0 Å². The van der Waals surface area contributed by atoms with Crippen LogP contribution in [0.3, 0.4) is 0 Å². The Hall–Kier alpha value is -2.54. The van der Waals surface area contributed by atoms with Crippen LogP contribution in [0.4, 0.5) is 10.5 Å². The molecule has 3 rings (SSSR count). The molecular formula is C19H23ClN4O3. The standard InChI is InChI=1S/C19H23ClN4O3/c1-2-17-16(11-21-24(17)15-9-5-13(20)6-10-15)23-19(27)22-14-7-3-12(4-8-14)18(25)26/h5-6,9-12,14H,2-4,7-8H2,1H3,(H,25,26)(H2,22,23,27). The molecule has 0 bridgehead atoms. The van der Waals surface area contributed by atoms with Crippen LogP contribution >= 0.6 is 11.6 Å². The number of nitrogens with zero attached hydrogens (tertiary/aromatic N) is 2. The van der Waals surface area contributed by atoms with Gasteiger partial charge < -0.3 is 15.7 Å². The van der Waals surface area contributed by atoms with E-state index in [9.17, 15) is 9.59 Å². The summed E-state index contributed by atoms with van der Waals surface area (Å²) in [7, 11) is 0. The predicted molar refractivity (Wildman–Crippen MR) is 103 cm³/mol. The highest BCUT2D eigenvalue weighted by Crippen LogP contribution is 2.25. The van der Waals surface area contributed by atoms with Gasteiger partial charge in [-0.25, -0.2) is 9.48 Å². The first-order valence-corrected chi connectivity index (χ1v) is 9.49. The van der Waals surface area contributed by atoms with E-state index >= 15 is 0 Å². The molecule has 1 aromatic carbocycles. The van der Waals surface area contributed by atoms with Crippen molar-refractivity contribution in [1.82, 2.24) is 15.1 Å². The van der Waals surface area contributed by atoms with Gasteiger partial charge in [0.1, 0.15) is 0 Å². The molecule has 2 aromatic rings. The minimum absolute atomic E-state index is 0.00279. The van der Waals surface area contributed by atoms with E-state index in [-0.39, 0.29) is 18.0 Å². The van der Waals surface area contributed by atoms with Gasteiger partial charge in [0.2, 0.25) is 0 Å². The number of nitrogens with one attached hydrogen (secondary N) is 2. The van der Waals surface area contributed by atoms with Crippen LogP contribution < -0.4 is 10.6 Å². The zero-order chi connectivity index (χ0) is 19.4. The number of hydrogen-bond acceptors (Lipinski definition) is 3. The Morgan fingerprint density at radius 1 is 1.22 bits per heavy atom. The molecule has 27 heavy (non-hydrogen) atoms. The number of carbonyl (C=O) groups excluding carboxylic acids is 1. The minimum Gasteiger partial charge on any atom is -0.481 e. The first kappa shape index (κ1) is 19.2. The van der Waals surface area contributed by atoms with Gasteiger partial charge in [0.15, 0.2) is 0 Å². The number of halogens is 1. The van der Waals surface area contributed by atoms with E-state index in [1.54, 1.807) is 23.0 Å². The van der Waals surface area contributed by atoms with Crippen LogP contribution in [0, 0.1) is 5.92 Å². The summed E-state index contributed by atoms with van der Waals surface area (Å²) in [6.45, 7) is 2.00. The summed E-state index contributed by atoms with van der Waals surface area (Å²) in [5, 5.41) is 19.9. The predicted octanol–water partition coefficient (Wildman–Crippen LogP) is 3.85. The normalized spacial score (nSPS) is 19.5. The Morgan fingerprint density at radius 3 is 2.48 bits per heavy atom. The molecule has 0 spiro atoms. The van der Waals surface area contributed by atoms with Crippen LogP contribution in [0.1, 0.15) is 38.3 Å². The zero-order valence-corrected chi connectivity index (χ0v) is 15.9. The van der Waals surface area contributed by atoms with Gasteiger partial charge in [-0.05, 0) is 56.4 Å². The molecule has 1 aliphatic carbocycles. The first-order chi connectivity index (χ1) is 13.0. The summed E-state index contributed by atoms with van der Waals surface area (Å²) in [5.41, 5.74) is 2.42. The second kappa shape index (κ2) is 8.43. The van der Waals surface area contributed by atoms with Crippen molar-refractivity contribution >= 4 is 29.3 Å². The van der Waals surface area contributed by atoms with Gasteiger partial charge in [0.05, 0.1) is 29.2 Å². The highest BCUT2D eigenvalue weighted by Gasteiger charge is 2.27. The molecule has 1 heterocycles. The van der Waals surface area contributed by atoms with Crippen molar-refractivity contribution in [2.75, 3.05) is 5.32 Å². The number of benzene rings is 1. The number of anilines is 1. The number of aliphatic carboxylic acids is 1. The van der Waals surface area contributed by atoms with Gasteiger partial charge >= 0.3 is 12.0 Å². The molecule has 1 aromatic heterocycles. The van der Waals surface area contributed by atoms with Crippen molar-refractivity contribution in [3.05, 3.63) is 41.2 Å². The van der Waals surface area contributed by atoms with E-state index in [0.717, 1.165) is 11.4 Å². The largest absolute Gasteiger partial charge is 0.481 e.